The molecule has 110 valence electrons. The molecule has 4 heteroatoms. The van der Waals surface area contributed by atoms with Gasteiger partial charge in [-0.25, -0.2) is 4.39 Å². The second-order valence-electron chi connectivity index (χ2n) is 5.58. The molecule has 1 aromatic carbocycles. The predicted molar refractivity (Wildman–Crippen MR) is 79.0 cm³/mol. The number of pyridine rings is 1. The van der Waals surface area contributed by atoms with Crippen molar-refractivity contribution in [1.29, 1.82) is 0 Å². The normalized spacial score (nSPS) is 16.1. The van der Waals surface area contributed by atoms with Crippen LogP contribution in [0.3, 0.4) is 0 Å². The van der Waals surface area contributed by atoms with Crippen LogP contribution in [-0.4, -0.2) is 27.6 Å². The highest BCUT2D eigenvalue weighted by atomic mass is 19.1. The van der Waals surface area contributed by atoms with Gasteiger partial charge in [-0.2, -0.15) is 0 Å². The highest BCUT2D eigenvalue weighted by Gasteiger charge is 2.30. The number of hydrogen-bond acceptors (Lipinski definition) is 3. The second-order valence-corrected chi connectivity index (χ2v) is 5.58. The lowest BCUT2D eigenvalue weighted by Crippen LogP contribution is -2.30. The Balaban J connectivity index is 1.66. The van der Waals surface area contributed by atoms with Crippen molar-refractivity contribution in [1.82, 2.24) is 9.88 Å². The fourth-order valence-corrected chi connectivity index (χ4v) is 2.52. The fraction of sp³-hybridized carbons (Fsp3) is 0.353. The molecule has 1 heterocycles. The summed E-state index contributed by atoms with van der Waals surface area (Å²) in [5.74, 6) is -0.276. The number of benzene rings is 1. The van der Waals surface area contributed by atoms with E-state index < -0.39 is 6.10 Å². The molecule has 1 fully saturated rings. The summed E-state index contributed by atoms with van der Waals surface area (Å²) in [7, 11) is 0. The zero-order valence-corrected chi connectivity index (χ0v) is 11.8. The Morgan fingerprint density at radius 2 is 1.81 bits per heavy atom. The van der Waals surface area contributed by atoms with Gasteiger partial charge in [-0.15, -0.1) is 0 Å². The number of rotatable bonds is 6. The van der Waals surface area contributed by atoms with Crippen LogP contribution in [-0.2, 0) is 6.54 Å². The molecule has 0 spiro atoms. The number of halogens is 1. The molecule has 1 aromatic heterocycles. The minimum atomic E-state index is -0.590. The van der Waals surface area contributed by atoms with Gasteiger partial charge < -0.3 is 5.11 Å². The van der Waals surface area contributed by atoms with E-state index in [1.807, 2.05) is 12.1 Å². The smallest absolute Gasteiger partial charge is 0.123 e. The van der Waals surface area contributed by atoms with Crippen molar-refractivity contribution in [3.63, 3.8) is 0 Å². The van der Waals surface area contributed by atoms with Gasteiger partial charge in [-0.3, -0.25) is 9.88 Å². The number of hydrogen-bond donors (Lipinski definition) is 1. The topological polar surface area (TPSA) is 36.4 Å². The van der Waals surface area contributed by atoms with Crippen LogP contribution in [0, 0.1) is 5.82 Å². The first-order chi connectivity index (χ1) is 10.2. The summed E-state index contributed by atoms with van der Waals surface area (Å²) in [4.78, 5) is 6.32. The number of aliphatic hydroxyl groups is 1. The predicted octanol–water partition coefficient (Wildman–Crippen LogP) is 2.92. The molecule has 1 saturated carbocycles. The molecule has 0 amide bonds. The standard InChI is InChI=1S/C17H19FN2O/c18-15-3-1-14(2-4-15)17(21)12-20(16-5-6-16)11-13-7-9-19-10-8-13/h1-4,7-10,16-17,21H,5-6,11-12H2/t17-/m0/s1. The van der Waals surface area contributed by atoms with E-state index in [9.17, 15) is 9.50 Å². The van der Waals surface area contributed by atoms with Gasteiger partial charge in [0, 0.05) is 31.5 Å². The van der Waals surface area contributed by atoms with Crippen LogP contribution in [0.4, 0.5) is 4.39 Å². The third-order valence-corrected chi connectivity index (χ3v) is 3.86. The van der Waals surface area contributed by atoms with Crippen molar-refractivity contribution >= 4 is 0 Å². The summed E-state index contributed by atoms with van der Waals surface area (Å²) < 4.78 is 12.9. The van der Waals surface area contributed by atoms with E-state index in [0.29, 0.717) is 12.6 Å². The Hall–Kier alpha value is -1.78. The van der Waals surface area contributed by atoms with Gasteiger partial charge in [-0.05, 0) is 48.2 Å². The fourth-order valence-electron chi connectivity index (χ4n) is 2.52. The molecule has 3 nitrogen and oxygen atoms in total. The van der Waals surface area contributed by atoms with Crippen molar-refractivity contribution in [3.8, 4) is 0 Å². The van der Waals surface area contributed by atoms with Crippen LogP contribution >= 0.6 is 0 Å². The number of aliphatic hydroxyl groups excluding tert-OH is 1. The molecule has 1 N–H and O–H groups in total. The van der Waals surface area contributed by atoms with E-state index in [2.05, 4.69) is 9.88 Å². The second kappa shape index (κ2) is 6.33. The maximum atomic E-state index is 12.9. The van der Waals surface area contributed by atoms with E-state index in [1.54, 1.807) is 24.5 Å². The molecule has 1 aliphatic carbocycles. The van der Waals surface area contributed by atoms with E-state index in [0.717, 1.165) is 12.1 Å². The molecule has 0 bridgehead atoms. The molecule has 0 saturated heterocycles. The minimum Gasteiger partial charge on any atom is -0.387 e. The maximum Gasteiger partial charge on any atom is 0.123 e. The van der Waals surface area contributed by atoms with E-state index in [1.165, 1.54) is 30.5 Å². The Morgan fingerprint density at radius 1 is 1.14 bits per heavy atom. The van der Waals surface area contributed by atoms with E-state index in [4.69, 9.17) is 0 Å². The molecule has 21 heavy (non-hydrogen) atoms. The van der Waals surface area contributed by atoms with Crippen LogP contribution < -0.4 is 0 Å². The summed E-state index contributed by atoms with van der Waals surface area (Å²) >= 11 is 0. The highest BCUT2D eigenvalue weighted by Crippen LogP contribution is 2.30. The quantitative estimate of drug-likeness (QED) is 0.887. The summed E-state index contributed by atoms with van der Waals surface area (Å²) in [5.41, 5.74) is 1.96. The molecule has 0 radical (unpaired) electrons. The van der Waals surface area contributed by atoms with Gasteiger partial charge in [0.1, 0.15) is 5.82 Å². The lowest BCUT2D eigenvalue weighted by atomic mass is 10.1. The molecular weight excluding hydrogens is 267 g/mol. The summed E-state index contributed by atoms with van der Waals surface area (Å²) in [6, 6.07) is 10.6. The first-order valence-corrected chi connectivity index (χ1v) is 7.29. The van der Waals surface area contributed by atoms with Gasteiger partial charge >= 0.3 is 0 Å². The van der Waals surface area contributed by atoms with Crippen molar-refractivity contribution in [2.75, 3.05) is 6.54 Å². The van der Waals surface area contributed by atoms with E-state index >= 15 is 0 Å². The first kappa shape index (κ1) is 14.2. The SMILES string of the molecule is O[C@@H](CN(Cc1ccncc1)C1CC1)c1ccc(F)cc1. The van der Waals surface area contributed by atoms with Gasteiger partial charge in [0.05, 0.1) is 6.10 Å². The van der Waals surface area contributed by atoms with Gasteiger partial charge in [0.15, 0.2) is 0 Å². The Labute approximate surface area is 124 Å². The summed E-state index contributed by atoms with van der Waals surface area (Å²) in [6.07, 6.45) is 5.35. The molecule has 2 aromatic rings. The van der Waals surface area contributed by atoms with Crippen molar-refractivity contribution in [2.24, 2.45) is 0 Å². The molecule has 0 aliphatic heterocycles. The van der Waals surface area contributed by atoms with Crippen molar-refractivity contribution in [3.05, 3.63) is 65.7 Å². The van der Waals surface area contributed by atoms with Crippen LogP contribution in [0.2, 0.25) is 0 Å². The van der Waals surface area contributed by atoms with Crippen LogP contribution in [0.1, 0.15) is 30.1 Å². The molecular formula is C17H19FN2O. The largest absolute Gasteiger partial charge is 0.387 e. The Bertz CT molecular complexity index is 569. The zero-order valence-electron chi connectivity index (χ0n) is 11.8. The average molecular weight is 286 g/mol. The maximum absolute atomic E-state index is 12.9. The lowest BCUT2D eigenvalue weighted by Gasteiger charge is -2.25. The minimum absolute atomic E-state index is 0.276. The summed E-state index contributed by atoms with van der Waals surface area (Å²) in [5, 5.41) is 10.4. The Kier molecular flexibility index (Phi) is 4.27. The third-order valence-electron chi connectivity index (χ3n) is 3.86. The number of nitrogens with zero attached hydrogens (tertiary/aromatic N) is 2. The average Bonchev–Trinajstić information content (AvgIpc) is 3.33. The van der Waals surface area contributed by atoms with Gasteiger partial charge in [0.25, 0.3) is 0 Å². The Morgan fingerprint density at radius 3 is 2.43 bits per heavy atom. The van der Waals surface area contributed by atoms with Crippen LogP contribution in [0.5, 0.6) is 0 Å². The molecule has 1 atom stereocenters. The van der Waals surface area contributed by atoms with Crippen molar-refractivity contribution < 1.29 is 9.50 Å². The van der Waals surface area contributed by atoms with Crippen LogP contribution in [0.25, 0.3) is 0 Å². The third kappa shape index (κ3) is 3.86. The molecule has 0 unspecified atom stereocenters. The first-order valence-electron chi connectivity index (χ1n) is 7.29. The van der Waals surface area contributed by atoms with E-state index in [-0.39, 0.29) is 5.82 Å². The summed E-state index contributed by atoms with van der Waals surface area (Å²) in [6.45, 7) is 1.38. The molecule has 3 rings (SSSR count). The van der Waals surface area contributed by atoms with Crippen LogP contribution in [0.15, 0.2) is 48.8 Å². The highest BCUT2D eigenvalue weighted by molar-refractivity contribution is 5.19. The number of aromatic nitrogens is 1. The zero-order chi connectivity index (χ0) is 14.7. The molecule has 1 aliphatic rings. The van der Waals surface area contributed by atoms with Gasteiger partial charge in [-0.1, -0.05) is 12.1 Å². The van der Waals surface area contributed by atoms with Gasteiger partial charge in [0.2, 0.25) is 0 Å². The lowest BCUT2D eigenvalue weighted by molar-refractivity contribution is 0.104. The monoisotopic (exact) mass is 286 g/mol. The van der Waals surface area contributed by atoms with Crippen molar-refractivity contribution in [2.45, 2.75) is 31.5 Å².